The Morgan fingerprint density at radius 2 is 2.00 bits per heavy atom. The van der Waals surface area contributed by atoms with Crippen LogP contribution < -0.4 is 10.6 Å². The summed E-state index contributed by atoms with van der Waals surface area (Å²) in [5.74, 6) is 1.34. The standard InChI is InChI=1S/C18H19N5O2/c1-10-4-5-12(19-8-10)22-16(24)13-11(2)25-17-14(13)15(20-9-21-17)23-18(3)6-7-18/h4-5,8-9H,6-7H2,1-3H3,(H,19,22,24)(H,20,21,23). The average molecular weight is 337 g/mol. The molecular weight excluding hydrogens is 318 g/mol. The molecule has 1 aliphatic rings. The van der Waals surface area contributed by atoms with Gasteiger partial charge < -0.3 is 15.1 Å². The minimum Gasteiger partial charge on any atom is -0.442 e. The molecule has 3 aromatic heterocycles. The van der Waals surface area contributed by atoms with Crippen LogP contribution in [0.25, 0.3) is 11.1 Å². The van der Waals surface area contributed by atoms with E-state index < -0.39 is 0 Å². The number of nitrogens with zero attached hydrogens (tertiary/aromatic N) is 3. The van der Waals surface area contributed by atoms with Crippen LogP contribution in [0.2, 0.25) is 0 Å². The highest BCUT2D eigenvalue weighted by Crippen LogP contribution is 2.40. The Morgan fingerprint density at radius 3 is 2.68 bits per heavy atom. The van der Waals surface area contributed by atoms with E-state index in [1.165, 1.54) is 6.33 Å². The van der Waals surface area contributed by atoms with Gasteiger partial charge >= 0.3 is 0 Å². The number of furan rings is 1. The third kappa shape index (κ3) is 2.93. The summed E-state index contributed by atoms with van der Waals surface area (Å²) in [6.45, 7) is 5.83. The molecule has 3 heterocycles. The molecule has 4 rings (SSSR count). The van der Waals surface area contributed by atoms with Gasteiger partial charge in [-0.05, 0) is 45.2 Å². The van der Waals surface area contributed by atoms with Gasteiger partial charge in [0.25, 0.3) is 5.91 Å². The molecule has 7 heteroatoms. The second-order valence-corrected chi connectivity index (χ2v) is 6.80. The summed E-state index contributed by atoms with van der Waals surface area (Å²) >= 11 is 0. The van der Waals surface area contributed by atoms with Gasteiger partial charge in [0, 0.05) is 11.7 Å². The second-order valence-electron chi connectivity index (χ2n) is 6.80. The van der Waals surface area contributed by atoms with Gasteiger partial charge in [-0.15, -0.1) is 0 Å². The van der Waals surface area contributed by atoms with Gasteiger partial charge in [-0.3, -0.25) is 4.79 Å². The molecule has 1 saturated carbocycles. The molecule has 25 heavy (non-hydrogen) atoms. The Hall–Kier alpha value is -2.96. The van der Waals surface area contributed by atoms with Crippen LogP contribution in [0.5, 0.6) is 0 Å². The normalized spacial score (nSPS) is 15.2. The van der Waals surface area contributed by atoms with Gasteiger partial charge in [0.2, 0.25) is 5.71 Å². The molecule has 0 bridgehead atoms. The number of aromatic nitrogens is 3. The van der Waals surface area contributed by atoms with Gasteiger partial charge in [0.1, 0.15) is 23.7 Å². The zero-order valence-corrected chi connectivity index (χ0v) is 14.4. The lowest BCUT2D eigenvalue weighted by molar-refractivity contribution is 0.102. The number of rotatable bonds is 4. The van der Waals surface area contributed by atoms with Crippen LogP contribution >= 0.6 is 0 Å². The van der Waals surface area contributed by atoms with Crippen molar-refractivity contribution in [3.8, 4) is 0 Å². The van der Waals surface area contributed by atoms with E-state index in [0.29, 0.717) is 34.1 Å². The topological polar surface area (TPSA) is 92.9 Å². The van der Waals surface area contributed by atoms with Crippen molar-refractivity contribution in [3.63, 3.8) is 0 Å². The van der Waals surface area contributed by atoms with Crippen molar-refractivity contribution in [1.82, 2.24) is 15.0 Å². The van der Waals surface area contributed by atoms with E-state index in [1.807, 2.05) is 13.0 Å². The number of aryl methyl sites for hydroxylation is 2. The van der Waals surface area contributed by atoms with E-state index in [4.69, 9.17) is 4.42 Å². The number of fused-ring (bicyclic) bond motifs is 1. The number of hydrogen-bond donors (Lipinski definition) is 2. The number of carbonyl (C=O) groups excluding carboxylic acids is 1. The fraction of sp³-hybridized carbons (Fsp3) is 0.333. The van der Waals surface area contributed by atoms with Gasteiger partial charge in [-0.2, -0.15) is 0 Å². The van der Waals surface area contributed by atoms with E-state index >= 15 is 0 Å². The number of amides is 1. The predicted octanol–water partition coefficient (Wildman–Crippen LogP) is 3.45. The summed E-state index contributed by atoms with van der Waals surface area (Å²) in [6, 6.07) is 3.67. The number of nitrogens with one attached hydrogen (secondary N) is 2. The summed E-state index contributed by atoms with van der Waals surface area (Å²) in [4.78, 5) is 25.5. The van der Waals surface area contributed by atoms with Crippen molar-refractivity contribution in [2.75, 3.05) is 10.6 Å². The van der Waals surface area contributed by atoms with Crippen molar-refractivity contribution in [2.24, 2.45) is 0 Å². The third-order valence-electron chi connectivity index (χ3n) is 4.46. The van der Waals surface area contributed by atoms with Crippen LogP contribution in [0.1, 0.15) is 41.4 Å². The molecule has 0 spiro atoms. The minimum absolute atomic E-state index is 0.0265. The van der Waals surface area contributed by atoms with E-state index in [2.05, 4.69) is 32.5 Å². The Balaban J connectivity index is 1.73. The molecule has 0 unspecified atom stereocenters. The molecule has 128 valence electrons. The maximum Gasteiger partial charge on any atom is 0.261 e. The van der Waals surface area contributed by atoms with Gasteiger partial charge in [0.05, 0.1) is 10.9 Å². The maximum atomic E-state index is 12.8. The first-order valence-electron chi connectivity index (χ1n) is 8.21. The third-order valence-corrected chi connectivity index (χ3v) is 4.46. The minimum atomic E-state index is -0.286. The molecule has 1 aliphatic carbocycles. The summed E-state index contributed by atoms with van der Waals surface area (Å²) in [6.07, 6.45) is 5.30. The predicted molar refractivity (Wildman–Crippen MR) is 94.7 cm³/mol. The number of carbonyl (C=O) groups is 1. The summed E-state index contributed by atoms with van der Waals surface area (Å²) in [7, 11) is 0. The van der Waals surface area contributed by atoms with Gasteiger partial charge in [-0.1, -0.05) is 6.07 Å². The molecule has 0 aliphatic heterocycles. The zero-order valence-electron chi connectivity index (χ0n) is 14.4. The SMILES string of the molecule is Cc1ccc(NC(=O)c2c(C)oc3ncnc(NC4(C)CC4)c23)nc1. The summed E-state index contributed by atoms with van der Waals surface area (Å²) in [5.41, 5.74) is 1.89. The first kappa shape index (κ1) is 15.6. The monoisotopic (exact) mass is 337 g/mol. The molecular formula is C18H19N5O2. The van der Waals surface area contributed by atoms with Crippen LogP contribution in [-0.4, -0.2) is 26.4 Å². The van der Waals surface area contributed by atoms with E-state index in [9.17, 15) is 4.79 Å². The van der Waals surface area contributed by atoms with Crippen molar-refractivity contribution in [3.05, 3.63) is 41.5 Å². The highest BCUT2D eigenvalue weighted by atomic mass is 16.3. The van der Waals surface area contributed by atoms with Crippen molar-refractivity contribution in [2.45, 2.75) is 39.2 Å². The molecule has 0 aromatic carbocycles. The molecule has 2 N–H and O–H groups in total. The van der Waals surface area contributed by atoms with Crippen molar-refractivity contribution < 1.29 is 9.21 Å². The summed E-state index contributed by atoms with van der Waals surface area (Å²) in [5, 5.41) is 6.83. The largest absolute Gasteiger partial charge is 0.442 e. The van der Waals surface area contributed by atoms with E-state index in [-0.39, 0.29) is 11.4 Å². The number of hydrogen-bond acceptors (Lipinski definition) is 6. The fourth-order valence-electron chi connectivity index (χ4n) is 2.73. The molecule has 1 amide bonds. The quantitative estimate of drug-likeness (QED) is 0.757. The first-order chi connectivity index (χ1) is 12.0. The van der Waals surface area contributed by atoms with Gasteiger partial charge in [0.15, 0.2) is 0 Å². The van der Waals surface area contributed by atoms with Crippen LogP contribution in [0.3, 0.4) is 0 Å². The van der Waals surface area contributed by atoms with E-state index in [1.54, 1.807) is 19.2 Å². The van der Waals surface area contributed by atoms with Crippen LogP contribution in [-0.2, 0) is 0 Å². The molecule has 0 saturated heterocycles. The number of pyridine rings is 1. The second kappa shape index (κ2) is 5.54. The van der Waals surface area contributed by atoms with Crippen molar-refractivity contribution in [1.29, 1.82) is 0 Å². The highest BCUT2D eigenvalue weighted by molar-refractivity contribution is 6.15. The summed E-state index contributed by atoms with van der Waals surface area (Å²) < 4.78 is 5.68. The maximum absolute atomic E-state index is 12.8. The Morgan fingerprint density at radius 1 is 1.20 bits per heavy atom. The first-order valence-corrected chi connectivity index (χ1v) is 8.21. The van der Waals surface area contributed by atoms with Crippen LogP contribution in [0.4, 0.5) is 11.6 Å². The number of anilines is 2. The fourth-order valence-corrected chi connectivity index (χ4v) is 2.73. The molecule has 1 fully saturated rings. The highest BCUT2D eigenvalue weighted by Gasteiger charge is 2.38. The lowest BCUT2D eigenvalue weighted by Crippen LogP contribution is -2.18. The Labute approximate surface area is 144 Å². The lowest BCUT2D eigenvalue weighted by Gasteiger charge is -2.13. The van der Waals surface area contributed by atoms with Crippen molar-refractivity contribution >= 4 is 28.6 Å². The average Bonchev–Trinajstić information content (AvgIpc) is 3.18. The van der Waals surface area contributed by atoms with Gasteiger partial charge in [-0.25, -0.2) is 15.0 Å². The molecule has 7 nitrogen and oxygen atoms in total. The smallest absolute Gasteiger partial charge is 0.261 e. The Bertz CT molecular complexity index is 958. The van der Waals surface area contributed by atoms with E-state index in [0.717, 1.165) is 18.4 Å². The lowest BCUT2D eigenvalue weighted by atomic mass is 10.1. The van der Waals surface area contributed by atoms with Crippen LogP contribution in [0.15, 0.2) is 29.1 Å². The molecule has 0 radical (unpaired) electrons. The molecule has 0 atom stereocenters. The Kier molecular flexibility index (Phi) is 3.45. The zero-order chi connectivity index (χ0) is 17.6. The van der Waals surface area contributed by atoms with Crippen LogP contribution in [0, 0.1) is 13.8 Å². The molecule has 3 aromatic rings.